The third-order valence-electron chi connectivity index (χ3n) is 5.08. The van der Waals surface area contributed by atoms with Crippen LogP contribution in [0.5, 0.6) is 5.75 Å². The van der Waals surface area contributed by atoms with E-state index in [9.17, 15) is 9.59 Å². The van der Waals surface area contributed by atoms with Gasteiger partial charge in [0, 0.05) is 29.0 Å². The van der Waals surface area contributed by atoms with Crippen molar-refractivity contribution in [2.45, 2.75) is 26.4 Å². The molecule has 1 heterocycles. The Balaban J connectivity index is 1.20. The van der Waals surface area contributed by atoms with Gasteiger partial charge in [-0.05, 0) is 61.0 Å². The molecule has 178 valence electrons. The van der Waals surface area contributed by atoms with Crippen LogP contribution >= 0.6 is 11.6 Å². The smallest absolute Gasteiger partial charge is 0.269 e. The van der Waals surface area contributed by atoms with E-state index in [0.29, 0.717) is 34.7 Å². The van der Waals surface area contributed by atoms with E-state index in [4.69, 9.17) is 20.8 Å². The van der Waals surface area contributed by atoms with Crippen molar-refractivity contribution in [3.8, 4) is 17.2 Å². The van der Waals surface area contributed by atoms with Gasteiger partial charge in [0.15, 0.2) is 0 Å². The first-order valence-electron chi connectivity index (χ1n) is 10.9. The van der Waals surface area contributed by atoms with E-state index in [1.165, 1.54) is 0 Å². The molecule has 0 unspecified atom stereocenters. The summed E-state index contributed by atoms with van der Waals surface area (Å²) in [6.07, 6.45) is 0.333. The van der Waals surface area contributed by atoms with Crippen LogP contribution in [0.3, 0.4) is 0 Å². The van der Waals surface area contributed by atoms with Gasteiger partial charge in [-0.3, -0.25) is 20.4 Å². The minimum absolute atomic E-state index is 0.0801. The highest BCUT2D eigenvalue weighted by Crippen LogP contribution is 2.19. The molecule has 0 bridgehead atoms. The third kappa shape index (κ3) is 6.91. The lowest BCUT2D eigenvalue weighted by Gasteiger charge is -2.09. The Morgan fingerprint density at radius 2 is 1.63 bits per heavy atom. The van der Waals surface area contributed by atoms with Gasteiger partial charge in [0.25, 0.3) is 5.91 Å². The highest BCUT2D eigenvalue weighted by Gasteiger charge is 2.12. The van der Waals surface area contributed by atoms with Gasteiger partial charge in [0.05, 0.1) is 0 Å². The largest absolute Gasteiger partial charge is 0.489 e. The van der Waals surface area contributed by atoms with Crippen LogP contribution in [0.4, 0.5) is 0 Å². The molecule has 2 N–H and O–H groups in total. The summed E-state index contributed by atoms with van der Waals surface area (Å²) in [4.78, 5) is 24.4. The molecule has 3 aromatic carbocycles. The fourth-order valence-corrected chi connectivity index (χ4v) is 3.22. The van der Waals surface area contributed by atoms with Crippen LogP contribution in [0.1, 0.15) is 33.8 Å². The van der Waals surface area contributed by atoms with Gasteiger partial charge in [0.1, 0.15) is 12.4 Å². The van der Waals surface area contributed by atoms with E-state index in [0.717, 1.165) is 16.7 Å². The molecule has 0 atom stereocenters. The number of nitrogens with zero attached hydrogens (tertiary/aromatic N) is 2. The standard InChI is InChI=1S/C26H23ClN4O4/c1-17-2-6-20(7-3-17)26-31-29-24(35-26)15-14-23(32)28-30-25(33)19-8-4-18(5-9-19)16-34-22-12-10-21(27)11-13-22/h2-13H,14-16H2,1H3,(H,28,32)(H,30,33). The maximum atomic E-state index is 12.3. The van der Waals surface area contributed by atoms with Crippen molar-refractivity contribution in [2.24, 2.45) is 0 Å². The third-order valence-corrected chi connectivity index (χ3v) is 5.33. The molecule has 4 aromatic rings. The van der Waals surface area contributed by atoms with Crippen molar-refractivity contribution in [2.75, 3.05) is 0 Å². The number of hydrogen-bond acceptors (Lipinski definition) is 6. The van der Waals surface area contributed by atoms with Gasteiger partial charge in [-0.25, -0.2) is 0 Å². The molecule has 0 aliphatic rings. The molecule has 0 spiro atoms. The van der Waals surface area contributed by atoms with E-state index < -0.39 is 5.91 Å². The van der Waals surface area contributed by atoms with Crippen LogP contribution in [-0.2, 0) is 17.8 Å². The Hall–Kier alpha value is -4.17. The lowest BCUT2D eigenvalue weighted by Crippen LogP contribution is -2.41. The molecule has 0 aliphatic carbocycles. The predicted molar refractivity (Wildman–Crippen MR) is 131 cm³/mol. The van der Waals surface area contributed by atoms with Gasteiger partial charge in [-0.2, -0.15) is 0 Å². The Kier molecular flexibility index (Phi) is 7.74. The molecule has 0 radical (unpaired) electrons. The lowest BCUT2D eigenvalue weighted by molar-refractivity contribution is -0.121. The summed E-state index contributed by atoms with van der Waals surface area (Å²) in [7, 11) is 0. The molecule has 35 heavy (non-hydrogen) atoms. The van der Waals surface area contributed by atoms with Gasteiger partial charge in [0.2, 0.25) is 17.7 Å². The van der Waals surface area contributed by atoms with Crippen molar-refractivity contribution < 1.29 is 18.7 Å². The molecule has 2 amide bonds. The Morgan fingerprint density at radius 1 is 0.914 bits per heavy atom. The van der Waals surface area contributed by atoms with Crippen molar-refractivity contribution >= 4 is 23.4 Å². The SMILES string of the molecule is Cc1ccc(-c2nnc(CCC(=O)NNC(=O)c3ccc(COc4ccc(Cl)cc4)cc3)o2)cc1. The van der Waals surface area contributed by atoms with Gasteiger partial charge in [-0.1, -0.05) is 41.4 Å². The number of carbonyl (C=O) groups excluding carboxylic acids is 2. The van der Waals surface area contributed by atoms with Crippen LogP contribution in [0.25, 0.3) is 11.5 Å². The molecule has 1 aromatic heterocycles. The average molecular weight is 491 g/mol. The van der Waals surface area contributed by atoms with Crippen LogP contribution in [-0.4, -0.2) is 22.0 Å². The first-order chi connectivity index (χ1) is 17.0. The minimum atomic E-state index is -0.428. The number of amides is 2. The average Bonchev–Trinajstić information content (AvgIpc) is 3.35. The number of nitrogens with one attached hydrogen (secondary N) is 2. The number of hydrogen-bond donors (Lipinski definition) is 2. The predicted octanol–water partition coefficient (Wildman–Crippen LogP) is 4.67. The number of aryl methyl sites for hydroxylation is 2. The number of aromatic nitrogens is 2. The maximum Gasteiger partial charge on any atom is 0.269 e. The van der Waals surface area contributed by atoms with Gasteiger partial charge < -0.3 is 9.15 Å². The molecule has 4 rings (SSSR count). The molecular formula is C26H23ClN4O4. The second-order valence-electron chi connectivity index (χ2n) is 7.81. The van der Waals surface area contributed by atoms with Gasteiger partial charge in [-0.15, -0.1) is 10.2 Å². The van der Waals surface area contributed by atoms with Crippen molar-refractivity contribution in [3.05, 3.63) is 100 Å². The summed E-state index contributed by atoms with van der Waals surface area (Å²) in [5.41, 5.74) is 8.04. The zero-order valence-corrected chi connectivity index (χ0v) is 19.7. The molecule has 8 nitrogen and oxygen atoms in total. The second-order valence-corrected chi connectivity index (χ2v) is 8.25. The first-order valence-corrected chi connectivity index (χ1v) is 11.3. The zero-order valence-electron chi connectivity index (χ0n) is 19.0. The summed E-state index contributed by atoms with van der Waals surface area (Å²) in [6, 6.07) is 21.7. The number of carbonyl (C=O) groups is 2. The number of rotatable bonds is 8. The minimum Gasteiger partial charge on any atom is -0.489 e. The highest BCUT2D eigenvalue weighted by atomic mass is 35.5. The molecule has 0 fully saturated rings. The van der Waals surface area contributed by atoms with Crippen LogP contribution in [0.2, 0.25) is 5.02 Å². The van der Waals surface area contributed by atoms with Crippen molar-refractivity contribution in [1.82, 2.24) is 21.0 Å². The first kappa shape index (κ1) is 24.0. The van der Waals surface area contributed by atoms with Crippen LogP contribution in [0, 0.1) is 6.92 Å². The molecular weight excluding hydrogens is 468 g/mol. The number of hydrazine groups is 1. The maximum absolute atomic E-state index is 12.3. The highest BCUT2D eigenvalue weighted by molar-refractivity contribution is 6.30. The molecule has 0 aliphatic heterocycles. The summed E-state index contributed by atoms with van der Waals surface area (Å²) in [5, 5.41) is 8.63. The van der Waals surface area contributed by atoms with E-state index in [1.54, 1.807) is 48.5 Å². The second kappa shape index (κ2) is 11.3. The quantitative estimate of drug-likeness (QED) is 0.347. The van der Waals surface area contributed by atoms with E-state index in [1.807, 2.05) is 31.2 Å². The molecule has 9 heteroatoms. The van der Waals surface area contributed by atoms with Crippen molar-refractivity contribution in [3.63, 3.8) is 0 Å². The molecule has 0 saturated carbocycles. The van der Waals surface area contributed by atoms with Gasteiger partial charge >= 0.3 is 0 Å². The number of benzene rings is 3. The molecule has 0 saturated heterocycles. The zero-order chi connectivity index (χ0) is 24.6. The summed E-state index contributed by atoms with van der Waals surface area (Å²) in [5.74, 6) is 0.643. The number of halogens is 1. The summed E-state index contributed by atoms with van der Waals surface area (Å²) < 4.78 is 11.3. The van der Waals surface area contributed by atoms with Crippen LogP contribution < -0.4 is 15.6 Å². The van der Waals surface area contributed by atoms with E-state index in [-0.39, 0.29) is 18.7 Å². The summed E-state index contributed by atoms with van der Waals surface area (Å²) in [6.45, 7) is 2.34. The monoisotopic (exact) mass is 490 g/mol. The Labute approximate surface area is 207 Å². The van der Waals surface area contributed by atoms with Crippen molar-refractivity contribution in [1.29, 1.82) is 0 Å². The summed E-state index contributed by atoms with van der Waals surface area (Å²) >= 11 is 5.86. The normalized spacial score (nSPS) is 10.6. The van der Waals surface area contributed by atoms with E-state index >= 15 is 0 Å². The lowest BCUT2D eigenvalue weighted by atomic mass is 10.1. The topological polar surface area (TPSA) is 106 Å². The Morgan fingerprint density at radius 3 is 2.34 bits per heavy atom. The number of ether oxygens (including phenoxy) is 1. The van der Waals surface area contributed by atoms with E-state index in [2.05, 4.69) is 21.0 Å². The van der Waals surface area contributed by atoms with Crippen LogP contribution in [0.15, 0.2) is 77.2 Å². The fraction of sp³-hybridized carbons (Fsp3) is 0.154. The fourth-order valence-electron chi connectivity index (χ4n) is 3.10. The Bertz CT molecular complexity index is 1290.